The van der Waals surface area contributed by atoms with Gasteiger partial charge in [0.05, 0.1) is 0 Å². The van der Waals surface area contributed by atoms with Crippen LogP contribution in [0.4, 0.5) is 5.82 Å². The Hall–Kier alpha value is -3.45. The first-order valence-electron chi connectivity index (χ1n) is 12.1. The minimum atomic E-state index is 0.0760. The van der Waals surface area contributed by atoms with Crippen molar-refractivity contribution >= 4 is 11.7 Å². The average molecular weight is 458 g/mol. The SMILES string of the molecule is O=C(C1CCN(c2nccnc2Oc2ccccc2)CC1)N1CCN(Cc2ccccc2)CC1. The van der Waals surface area contributed by atoms with Gasteiger partial charge >= 0.3 is 0 Å². The van der Waals surface area contributed by atoms with Gasteiger partial charge in [0, 0.05) is 64.1 Å². The van der Waals surface area contributed by atoms with E-state index in [1.54, 1.807) is 12.4 Å². The van der Waals surface area contributed by atoms with E-state index in [-0.39, 0.29) is 5.92 Å². The molecule has 2 fully saturated rings. The quantitative estimate of drug-likeness (QED) is 0.561. The van der Waals surface area contributed by atoms with Crippen molar-refractivity contribution in [2.45, 2.75) is 19.4 Å². The first kappa shape index (κ1) is 22.3. The zero-order valence-corrected chi connectivity index (χ0v) is 19.4. The molecule has 2 aromatic carbocycles. The number of carbonyl (C=O) groups excluding carboxylic acids is 1. The Balaban J connectivity index is 1.13. The fourth-order valence-corrected chi connectivity index (χ4v) is 4.77. The second-order valence-electron chi connectivity index (χ2n) is 8.95. The molecule has 0 spiro atoms. The predicted molar refractivity (Wildman–Crippen MR) is 132 cm³/mol. The van der Waals surface area contributed by atoms with Crippen LogP contribution in [0.2, 0.25) is 0 Å². The van der Waals surface area contributed by atoms with Gasteiger partial charge in [-0.15, -0.1) is 0 Å². The normalized spacial score (nSPS) is 17.5. The van der Waals surface area contributed by atoms with Gasteiger partial charge in [-0.2, -0.15) is 0 Å². The molecule has 2 aliphatic heterocycles. The fraction of sp³-hybridized carbons (Fsp3) is 0.370. The number of nitrogens with zero attached hydrogens (tertiary/aromatic N) is 5. The predicted octanol–water partition coefficient (Wildman–Crippen LogP) is 3.83. The molecule has 3 heterocycles. The molecule has 5 rings (SSSR count). The standard InChI is InChI=1S/C27H31N5O2/c33-27(32-19-17-30(18-20-32)21-22-7-3-1-4-8-22)23-11-15-31(16-12-23)25-26(29-14-13-28-25)34-24-9-5-2-6-10-24/h1-10,13-14,23H,11-12,15-21H2. The van der Waals surface area contributed by atoms with Gasteiger partial charge in [-0.25, -0.2) is 9.97 Å². The van der Waals surface area contributed by atoms with Crippen LogP contribution in [0.5, 0.6) is 11.6 Å². The van der Waals surface area contributed by atoms with E-state index in [1.165, 1.54) is 5.56 Å². The average Bonchev–Trinajstić information content (AvgIpc) is 2.90. The molecule has 7 nitrogen and oxygen atoms in total. The highest BCUT2D eigenvalue weighted by atomic mass is 16.5. The molecule has 34 heavy (non-hydrogen) atoms. The Morgan fingerprint density at radius 1 is 0.824 bits per heavy atom. The van der Waals surface area contributed by atoms with E-state index in [4.69, 9.17) is 4.74 Å². The second kappa shape index (κ2) is 10.7. The van der Waals surface area contributed by atoms with E-state index in [2.05, 4.69) is 48.9 Å². The van der Waals surface area contributed by atoms with Gasteiger partial charge in [0.1, 0.15) is 5.75 Å². The van der Waals surface area contributed by atoms with Gasteiger partial charge in [-0.1, -0.05) is 48.5 Å². The van der Waals surface area contributed by atoms with Gasteiger partial charge < -0.3 is 14.5 Å². The van der Waals surface area contributed by atoms with Crippen molar-refractivity contribution in [3.05, 3.63) is 78.6 Å². The summed E-state index contributed by atoms with van der Waals surface area (Å²) in [5.41, 5.74) is 1.33. The highest BCUT2D eigenvalue weighted by Gasteiger charge is 2.31. The minimum absolute atomic E-state index is 0.0760. The van der Waals surface area contributed by atoms with Gasteiger partial charge in [-0.3, -0.25) is 9.69 Å². The first-order chi connectivity index (χ1) is 16.8. The number of piperazine rings is 1. The number of amides is 1. The molecular formula is C27H31N5O2. The van der Waals surface area contributed by atoms with Crippen molar-refractivity contribution < 1.29 is 9.53 Å². The molecule has 7 heteroatoms. The van der Waals surface area contributed by atoms with Crippen molar-refractivity contribution in [1.29, 1.82) is 0 Å². The molecule has 1 amide bonds. The van der Waals surface area contributed by atoms with Crippen molar-refractivity contribution in [3.8, 4) is 11.6 Å². The second-order valence-corrected chi connectivity index (χ2v) is 8.95. The number of piperidine rings is 1. The van der Waals surface area contributed by atoms with Crippen molar-refractivity contribution in [3.63, 3.8) is 0 Å². The Kier molecular flexibility index (Phi) is 7.00. The van der Waals surface area contributed by atoms with E-state index in [0.29, 0.717) is 11.8 Å². The van der Waals surface area contributed by atoms with E-state index < -0.39 is 0 Å². The highest BCUT2D eigenvalue weighted by Crippen LogP contribution is 2.31. The van der Waals surface area contributed by atoms with Gasteiger partial charge in [0.2, 0.25) is 5.91 Å². The Morgan fingerprint density at radius 3 is 2.18 bits per heavy atom. The van der Waals surface area contributed by atoms with Gasteiger partial charge in [0.25, 0.3) is 5.88 Å². The number of carbonyl (C=O) groups is 1. The zero-order chi connectivity index (χ0) is 23.2. The number of rotatable bonds is 6. The smallest absolute Gasteiger partial charge is 0.263 e. The number of anilines is 1. The molecule has 0 atom stereocenters. The molecule has 0 radical (unpaired) electrons. The van der Waals surface area contributed by atoms with Crippen LogP contribution >= 0.6 is 0 Å². The van der Waals surface area contributed by atoms with Crippen molar-refractivity contribution in [2.75, 3.05) is 44.2 Å². The van der Waals surface area contributed by atoms with Crippen LogP contribution in [0.3, 0.4) is 0 Å². The lowest BCUT2D eigenvalue weighted by atomic mass is 9.95. The molecule has 1 aromatic heterocycles. The molecule has 0 bridgehead atoms. The lowest BCUT2D eigenvalue weighted by molar-refractivity contribution is -0.138. The van der Waals surface area contributed by atoms with E-state index in [9.17, 15) is 4.79 Å². The highest BCUT2D eigenvalue weighted by molar-refractivity contribution is 5.79. The lowest BCUT2D eigenvalue weighted by Crippen LogP contribution is -2.51. The van der Waals surface area contributed by atoms with Crippen LogP contribution in [-0.4, -0.2) is 64.9 Å². The molecule has 2 aliphatic rings. The third kappa shape index (κ3) is 5.37. The summed E-state index contributed by atoms with van der Waals surface area (Å²) in [4.78, 5) is 28.8. The number of ether oxygens (including phenoxy) is 1. The van der Waals surface area contributed by atoms with Crippen LogP contribution in [0.25, 0.3) is 0 Å². The number of hydrogen-bond acceptors (Lipinski definition) is 6. The monoisotopic (exact) mass is 457 g/mol. The maximum atomic E-state index is 13.2. The molecule has 176 valence electrons. The van der Waals surface area contributed by atoms with Crippen molar-refractivity contribution in [2.24, 2.45) is 5.92 Å². The summed E-state index contributed by atoms with van der Waals surface area (Å²) in [6, 6.07) is 20.2. The van der Waals surface area contributed by atoms with E-state index in [1.807, 2.05) is 36.4 Å². The zero-order valence-electron chi connectivity index (χ0n) is 19.4. The molecule has 3 aromatic rings. The summed E-state index contributed by atoms with van der Waals surface area (Å²) >= 11 is 0. The molecule has 0 saturated carbocycles. The molecular weight excluding hydrogens is 426 g/mol. The number of benzene rings is 2. The Labute approximate surface area is 201 Å². The van der Waals surface area contributed by atoms with Crippen LogP contribution in [0.15, 0.2) is 73.1 Å². The third-order valence-corrected chi connectivity index (χ3v) is 6.68. The maximum Gasteiger partial charge on any atom is 0.263 e. The molecule has 2 saturated heterocycles. The summed E-state index contributed by atoms with van der Waals surface area (Å²) in [7, 11) is 0. The number of hydrogen-bond donors (Lipinski definition) is 0. The van der Waals surface area contributed by atoms with Gasteiger partial charge in [0.15, 0.2) is 5.82 Å². The summed E-state index contributed by atoms with van der Waals surface area (Å²) in [6.07, 6.45) is 4.99. The van der Waals surface area contributed by atoms with Crippen LogP contribution < -0.4 is 9.64 Å². The summed E-state index contributed by atoms with van der Waals surface area (Å²) < 4.78 is 5.99. The molecule has 0 N–H and O–H groups in total. The Morgan fingerprint density at radius 2 is 1.47 bits per heavy atom. The maximum absolute atomic E-state index is 13.2. The first-order valence-corrected chi connectivity index (χ1v) is 12.1. The third-order valence-electron chi connectivity index (χ3n) is 6.68. The van der Waals surface area contributed by atoms with Crippen LogP contribution in [0.1, 0.15) is 18.4 Å². The molecule has 0 aliphatic carbocycles. The summed E-state index contributed by atoms with van der Waals surface area (Å²) in [5, 5.41) is 0. The lowest BCUT2D eigenvalue weighted by Gasteiger charge is -2.38. The minimum Gasteiger partial charge on any atom is -0.436 e. The summed E-state index contributed by atoms with van der Waals surface area (Å²) in [6.45, 7) is 5.98. The summed E-state index contributed by atoms with van der Waals surface area (Å²) in [5.74, 6) is 2.37. The molecule has 0 unspecified atom stereocenters. The Bertz CT molecular complexity index is 1060. The van der Waals surface area contributed by atoms with Crippen molar-refractivity contribution in [1.82, 2.24) is 19.8 Å². The van der Waals surface area contributed by atoms with Gasteiger partial charge in [-0.05, 0) is 30.5 Å². The largest absolute Gasteiger partial charge is 0.436 e. The number of para-hydroxylation sites is 1. The van der Waals surface area contributed by atoms with E-state index >= 15 is 0 Å². The van der Waals surface area contributed by atoms with Crippen LogP contribution in [0, 0.1) is 5.92 Å². The van der Waals surface area contributed by atoms with E-state index in [0.717, 1.165) is 70.2 Å². The fourth-order valence-electron chi connectivity index (χ4n) is 4.77. The number of aromatic nitrogens is 2. The topological polar surface area (TPSA) is 61.8 Å². The van der Waals surface area contributed by atoms with Crippen LogP contribution in [-0.2, 0) is 11.3 Å².